The van der Waals surface area contributed by atoms with Gasteiger partial charge in [0.25, 0.3) is 0 Å². The number of hydrogen-bond donors (Lipinski definition) is 1. The van der Waals surface area contributed by atoms with Crippen LogP contribution in [0.3, 0.4) is 0 Å². The van der Waals surface area contributed by atoms with Crippen molar-refractivity contribution in [3.63, 3.8) is 0 Å². The van der Waals surface area contributed by atoms with Crippen molar-refractivity contribution in [2.45, 2.75) is 45.6 Å². The molecule has 0 aliphatic heterocycles. The molecule has 1 heterocycles. The summed E-state index contributed by atoms with van der Waals surface area (Å²) in [6.07, 6.45) is 5.00. The van der Waals surface area contributed by atoms with Gasteiger partial charge in [0, 0.05) is 17.8 Å². The first-order chi connectivity index (χ1) is 7.33. The molecule has 0 aromatic carbocycles. The number of nitrogens with one attached hydrogen (secondary N) is 1. The van der Waals surface area contributed by atoms with Gasteiger partial charge in [0.15, 0.2) is 0 Å². The highest BCUT2D eigenvalue weighted by atomic mass is 32.1. The molecule has 0 spiro atoms. The minimum atomic E-state index is 0.672. The summed E-state index contributed by atoms with van der Waals surface area (Å²) in [6, 6.07) is 0.672. The predicted molar refractivity (Wildman–Crippen MR) is 65.4 cm³/mol. The largest absolute Gasteiger partial charge is 0.314 e. The predicted octanol–water partition coefficient (Wildman–Crippen LogP) is 2.64. The first-order valence-corrected chi connectivity index (χ1v) is 6.88. The standard InChI is InChI=1S/C12H20N2S/c1-3-10-8-15-12(14-10)7-11(13-4-2)9-5-6-9/h8-9,11,13H,3-7H2,1-2H3. The SMILES string of the molecule is CCNC(Cc1nc(CC)cs1)C1CC1. The Morgan fingerprint density at radius 3 is 2.87 bits per heavy atom. The Hall–Kier alpha value is -0.410. The van der Waals surface area contributed by atoms with Crippen LogP contribution in [0.4, 0.5) is 0 Å². The van der Waals surface area contributed by atoms with Crippen LogP contribution in [-0.4, -0.2) is 17.6 Å². The van der Waals surface area contributed by atoms with Crippen LogP contribution in [-0.2, 0) is 12.8 Å². The number of aromatic nitrogens is 1. The van der Waals surface area contributed by atoms with Crippen LogP contribution in [0.25, 0.3) is 0 Å². The van der Waals surface area contributed by atoms with Crippen LogP contribution < -0.4 is 5.32 Å². The summed E-state index contributed by atoms with van der Waals surface area (Å²) >= 11 is 1.82. The van der Waals surface area contributed by atoms with Crippen LogP contribution in [0.2, 0.25) is 0 Å². The van der Waals surface area contributed by atoms with Crippen LogP contribution in [0, 0.1) is 5.92 Å². The lowest BCUT2D eigenvalue weighted by Gasteiger charge is -2.15. The van der Waals surface area contributed by atoms with Gasteiger partial charge >= 0.3 is 0 Å². The monoisotopic (exact) mass is 224 g/mol. The van der Waals surface area contributed by atoms with E-state index in [9.17, 15) is 0 Å². The highest BCUT2D eigenvalue weighted by Crippen LogP contribution is 2.34. The van der Waals surface area contributed by atoms with E-state index in [1.807, 2.05) is 11.3 Å². The average Bonchev–Trinajstić information content (AvgIpc) is 2.99. The van der Waals surface area contributed by atoms with E-state index in [1.54, 1.807) is 0 Å². The summed E-state index contributed by atoms with van der Waals surface area (Å²) in [5, 5.41) is 7.10. The molecule has 15 heavy (non-hydrogen) atoms. The van der Waals surface area contributed by atoms with Crippen LogP contribution in [0.15, 0.2) is 5.38 Å². The highest BCUT2D eigenvalue weighted by molar-refractivity contribution is 7.09. The molecule has 1 aromatic heterocycles. The second kappa shape index (κ2) is 5.08. The second-order valence-electron chi connectivity index (χ2n) is 4.29. The van der Waals surface area contributed by atoms with Crippen molar-refractivity contribution in [1.82, 2.24) is 10.3 Å². The molecule has 1 aliphatic carbocycles. The third-order valence-electron chi connectivity index (χ3n) is 3.01. The molecule has 1 saturated carbocycles. The Kier molecular flexibility index (Phi) is 3.76. The molecule has 2 nitrogen and oxygen atoms in total. The van der Waals surface area contributed by atoms with Gasteiger partial charge in [-0.25, -0.2) is 4.98 Å². The normalized spacial score (nSPS) is 18.0. The molecule has 0 radical (unpaired) electrons. The number of aryl methyl sites for hydroxylation is 1. The van der Waals surface area contributed by atoms with Gasteiger partial charge in [0.2, 0.25) is 0 Å². The number of likely N-dealkylation sites (N-methyl/N-ethyl adjacent to an activating group) is 1. The van der Waals surface area contributed by atoms with E-state index < -0.39 is 0 Å². The third-order valence-corrected chi connectivity index (χ3v) is 3.93. The van der Waals surface area contributed by atoms with E-state index >= 15 is 0 Å². The highest BCUT2D eigenvalue weighted by Gasteiger charge is 2.31. The van der Waals surface area contributed by atoms with E-state index in [1.165, 1.54) is 23.5 Å². The molecular weight excluding hydrogens is 204 g/mol. The fraction of sp³-hybridized carbons (Fsp3) is 0.750. The average molecular weight is 224 g/mol. The molecule has 2 rings (SSSR count). The summed E-state index contributed by atoms with van der Waals surface area (Å²) in [6.45, 7) is 5.43. The van der Waals surface area contributed by atoms with Gasteiger partial charge < -0.3 is 5.32 Å². The second-order valence-corrected chi connectivity index (χ2v) is 5.23. The van der Waals surface area contributed by atoms with Gasteiger partial charge in [0.05, 0.1) is 10.7 Å². The third kappa shape index (κ3) is 3.02. The summed E-state index contributed by atoms with van der Waals surface area (Å²) in [5.74, 6) is 0.916. The molecule has 1 atom stereocenters. The lowest BCUT2D eigenvalue weighted by molar-refractivity contribution is 0.471. The zero-order valence-corrected chi connectivity index (χ0v) is 10.4. The number of thiazole rings is 1. The fourth-order valence-corrected chi connectivity index (χ4v) is 2.90. The van der Waals surface area contributed by atoms with Crippen molar-refractivity contribution in [2.75, 3.05) is 6.54 Å². The first-order valence-electron chi connectivity index (χ1n) is 6.00. The molecule has 1 unspecified atom stereocenters. The van der Waals surface area contributed by atoms with Crippen molar-refractivity contribution in [3.05, 3.63) is 16.1 Å². The van der Waals surface area contributed by atoms with Crippen molar-refractivity contribution in [2.24, 2.45) is 5.92 Å². The Morgan fingerprint density at radius 2 is 2.33 bits per heavy atom. The van der Waals surface area contributed by atoms with Crippen LogP contribution in [0.5, 0.6) is 0 Å². The molecule has 0 bridgehead atoms. The fourth-order valence-electron chi connectivity index (χ4n) is 1.96. The zero-order chi connectivity index (χ0) is 10.7. The molecule has 0 saturated heterocycles. The van der Waals surface area contributed by atoms with Crippen molar-refractivity contribution < 1.29 is 0 Å². The molecule has 1 aliphatic rings. The summed E-state index contributed by atoms with van der Waals surface area (Å²) in [7, 11) is 0. The molecule has 1 aromatic rings. The Morgan fingerprint density at radius 1 is 1.53 bits per heavy atom. The minimum absolute atomic E-state index is 0.672. The Bertz CT molecular complexity index is 304. The molecule has 84 valence electrons. The molecular formula is C12H20N2S. The summed E-state index contributed by atoms with van der Waals surface area (Å²) in [5.41, 5.74) is 1.25. The van der Waals surface area contributed by atoms with Crippen molar-refractivity contribution >= 4 is 11.3 Å². The maximum atomic E-state index is 4.64. The quantitative estimate of drug-likeness (QED) is 0.803. The molecule has 0 amide bonds. The number of nitrogens with zero attached hydrogens (tertiary/aromatic N) is 1. The van der Waals surface area contributed by atoms with E-state index in [4.69, 9.17) is 0 Å². The number of rotatable bonds is 6. The van der Waals surface area contributed by atoms with E-state index in [0.717, 1.165) is 25.3 Å². The minimum Gasteiger partial charge on any atom is -0.314 e. The van der Waals surface area contributed by atoms with Gasteiger partial charge in [0.1, 0.15) is 0 Å². The van der Waals surface area contributed by atoms with Gasteiger partial charge in [-0.15, -0.1) is 11.3 Å². The Labute approximate surface area is 96.1 Å². The van der Waals surface area contributed by atoms with Gasteiger partial charge in [-0.1, -0.05) is 13.8 Å². The lowest BCUT2D eigenvalue weighted by atomic mass is 10.1. The Balaban J connectivity index is 1.92. The van der Waals surface area contributed by atoms with E-state index in [0.29, 0.717) is 6.04 Å². The summed E-state index contributed by atoms with van der Waals surface area (Å²) < 4.78 is 0. The van der Waals surface area contributed by atoms with E-state index in [-0.39, 0.29) is 0 Å². The van der Waals surface area contributed by atoms with Crippen molar-refractivity contribution in [1.29, 1.82) is 0 Å². The molecule has 3 heteroatoms. The van der Waals surface area contributed by atoms with Gasteiger partial charge in [-0.2, -0.15) is 0 Å². The molecule has 1 N–H and O–H groups in total. The smallest absolute Gasteiger partial charge is 0.0943 e. The van der Waals surface area contributed by atoms with Crippen LogP contribution >= 0.6 is 11.3 Å². The first kappa shape index (κ1) is 11.1. The van der Waals surface area contributed by atoms with Crippen LogP contribution in [0.1, 0.15) is 37.4 Å². The van der Waals surface area contributed by atoms with E-state index in [2.05, 4.69) is 29.5 Å². The lowest BCUT2D eigenvalue weighted by Crippen LogP contribution is -2.32. The maximum Gasteiger partial charge on any atom is 0.0943 e. The van der Waals surface area contributed by atoms with Gasteiger partial charge in [-0.05, 0) is 31.7 Å². The zero-order valence-electron chi connectivity index (χ0n) is 9.62. The maximum absolute atomic E-state index is 4.64. The topological polar surface area (TPSA) is 24.9 Å². The van der Waals surface area contributed by atoms with Crippen molar-refractivity contribution in [3.8, 4) is 0 Å². The van der Waals surface area contributed by atoms with Gasteiger partial charge in [-0.3, -0.25) is 0 Å². The summed E-state index contributed by atoms with van der Waals surface area (Å²) in [4.78, 5) is 4.64. The number of hydrogen-bond acceptors (Lipinski definition) is 3. The molecule has 1 fully saturated rings.